The highest BCUT2D eigenvalue weighted by atomic mass is 32.2. The predicted molar refractivity (Wildman–Crippen MR) is 114 cm³/mol. The van der Waals surface area contributed by atoms with Crippen LogP contribution in [0.4, 0.5) is 18.9 Å². The normalized spacial score (nSPS) is 15.3. The average Bonchev–Trinajstić information content (AvgIpc) is 3.26. The smallest absolute Gasteiger partial charge is 0.368 e. The van der Waals surface area contributed by atoms with Crippen molar-refractivity contribution in [3.8, 4) is 0 Å². The van der Waals surface area contributed by atoms with Gasteiger partial charge in [-0.1, -0.05) is 12.1 Å². The first-order chi connectivity index (χ1) is 15.1. The molecule has 0 radical (unpaired) electrons. The van der Waals surface area contributed by atoms with Crippen LogP contribution in [0.5, 0.6) is 0 Å². The van der Waals surface area contributed by atoms with Gasteiger partial charge in [0, 0.05) is 38.3 Å². The van der Waals surface area contributed by atoms with Gasteiger partial charge >= 0.3 is 6.18 Å². The van der Waals surface area contributed by atoms with Gasteiger partial charge in [-0.25, -0.2) is 8.42 Å². The van der Waals surface area contributed by atoms with E-state index in [1.165, 1.54) is 12.1 Å². The molecule has 7 nitrogen and oxygen atoms in total. The number of nitrogens with zero attached hydrogens (tertiary/aromatic N) is 4. The molecular formula is C20H19F3N4O3S2. The molecule has 1 saturated heterocycles. The number of hydrogen-bond donors (Lipinski definition) is 0. The van der Waals surface area contributed by atoms with Crippen molar-refractivity contribution in [2.45, 2.75) is 17.5 Å². The Labute approximate surface area is 186 Å². The summed E-state index contributed by atoms with van der Waals surface area (Å²) in [5.74, 6) is -0.656. The molecule has 0 spiro atoms. The van der Waals surface area contributed by atoms with Crippen LogP contribution in [0.3, 0.4) is 0 Å². The van der Waals surface area contributed by atoms with Gasteiger partial charge in [-0.3, -0.25) is 4.79 Å². The van der Waals surface area contributed by atoms with Crippen molar-refractivity contribution in [3.63, 3.8) is 0 Å². The van der Waals surface area contributed by atoms with E-state index < -0.39 is 21.6 Å². The van der Waals surface area contributed by atoms with Crippen molar-refractivity contribution < 1.29 is 26.4 Å². The van der Waals surface area contributed by atoms with Gasteiger partial charge in [0.15, 0.2) is 9.84 Å². The van der Waals surface area contributed by atoms with Gasteiger partial charge in [0.1, 0.15) is 11.0 Å². The van der Waals surface area contributed by atoms with E-state index in [9.17, 15) is 26.4 Å². The fourth-order valence-corrected chi connectivity index (χ4v) is 5.62. The van der Waals surface area contributed by atoms with Crippen molar-refractivity contribution in [1.82, 2.24) is 13.6 Å². The molecule has 0 saturated carbocycles. The summed E-state index contributed by atoms with van der Waals surface area (Å²) in [6.07, 6.45) is -4.60. The molecule has 1 aliphatic rings. The number of hydrogen-bond acceptors (Lipinski definition) is 7. The largest absolute Gasteiger partial charge is 0.416 e. The Balaban J connectivity index is 1.36. The Morgan fingerprint density at radius 1 is 1.03 bits per heavy atom. The summed E-state index contributed by atoms with van der Waals surface area (Å²) in [6.45, 7) is 1.34. The van der Waals surface area contributed by atoms with E-state index in [4.69, 9.17) is 0 Å². The van der Waals surface area contributed by atoms with Crippen molar-refractivity contribution in [1.29, 1.82) is 0 Å². The molecule has 170 valence electrons. The van der Waals surface area contributed by atoms with E-state index in [0.717, 1.165) is 23.9 Å². The van der Waals surface area contributed by atoms with Crippen molar-refractivity contribution in [2.75, 3.05) is 36.8 Å². The minimum Gasteiger partial charge on any atom is -0.368 e. The summed E-state index contributed by atoms with van der Waals surface area (Å²) in [7, 11) is -3.72. The zero-order chi connectivity index (χ0) is 22.9. The van der Waals surface area contributed by atoms with Gasteiger partial charge in [0.2, 0.25) is 5.91 Å². The van der Waals surface area contributed by atoms with Crippen LogP contribution in [0.15, 0.2) is 47.4 Å². The molecule has 3 aromatic rings. The second kappa shape index (κ2) is 8.66. The third-order valence-corrected chi connectivity index (χ3v) is 7.62. The molecule has 2 heterocycles. The van der Waals surface area contributed by atoms with E-state index in [-0.39, 0.29) is 23.0 Å². The Bertz CT molecular complexity index is 1240. The molecule has 1 aliphatic heterocycles. The number of piperazine rings is 1. The number of carbonyl (C=O) groups excluding carboxylic acids is 1. The van der Waals surface area contributed by atoms with E-state index in [0.29, 0.717) is 42.9 Å². The van der Waals surface area contributed by atoms with Crippen LogP contribution >= 0.6 is 11.7 Å². The summed E-state index contributed by atoms with van der Waals surface area (Å²) < 4.78 is 72.4. The molecule has 32 heavy (non-hydrogen) atoms. The standard InChI is InChI=1S/C20H19F3N4O3S2/c21-20(22,23)14-3-1-4-15(13-14)26-8-10-27(11-9-26)18(28)7-12-32(29,30)17-6-2-5-16-19(17)25-31-24-16/h1-6,13H,7-12H2. The first-order valence-electron chi connectivity index (χ1n) is 9.79. The van der Waals surface area contributed by atoms with Crippen molar-refractivity contribution in [2.24, 2.45) is 0 Å². The van der Waals surface area contributed by atoms with Crippen LogP contribution in [0.1, 0.15) is 12.0 Å². The summed E-state index contributed by atoms with van der Waals surface area (Å²) in [4.78, 5) is 16.0. The van der Waals surface area contributed by atoms with Crippen LogP contribution in [0.25, 0.3) is 11.0 Å². The molecule has 0 aliphatic carbocycles. The molecule has 2 aromatic carbocycles. The van der Waals surface area contributed by atoms with E-state index in [1.54, 1.807) is 28.0 Å². The van der Waals surface area contributed by atoms with Crippen LogP contribution in [0, 0.1) is 0 Å². The maximum Gasteiger partial charge on any atom is 0.416 e. The third kappa shape index (κ3) is 4.70. The number of alkyl halides is 3. The summed E-state index contributed by atoms with van der Waals surface area (Å²) in [6, 6.07) is 9.80. The molecule has 1 fully saturated rings. The number of carbonyl (C=O) groups is 1. The van der Waals surface area contributed by atoms with Crippen LogP contribution in [-0.4, -0.2) is 59.9 Å². The number of rotatable bonds is 5. The molecule has 0 atom stereocenters. The lowest BCUT2D eigenvalue weighted by atomic mass is 10.1. The minimum absolute atomic E-state index is 0.0610. The summed E-state index contributed by atoms with van der Waals surface area (Å²) in [5, 5.41) is 0. The monoisotopic (exact) mass is 484 g/mol. The molecule has 0 bridgehead atoms. The van der Waals surface area contributed by atoms with Gasteiger partial charge in [0.05, 0.1) is 27.9 Å². The number of anilines is 1. The first kappa shape index (κ1) is 22.5. The van der Waals surface area contributed by atoms with Crippen LogP contribution < -0.4 is 4.90 Å². The maximum atomic E-state index is 12.9. The molecule has 0 unspecified atom stereocenters. The van der Waals surface area contributed by atoms with Gasteiger partial charge in [-0.2, -0.15) is 21.9 Å². The van der Waals surface area contributed by atoms with E-state index in [1.807, 2.05) is 0 Å². The Morgan fingerprint density at radius 2 is 1.75 bits per heavy atom. The van der Waals surface area contributed by atoms with Gasteiger partial charge in [-0.05, 0) is 30.3 Å². The Morgan fingerprint density at radius 3 is 2.47 bits per heavy atom. The zero-order valence-electron chi connectivity index (χ0n) is 16.7. The number of halogens is 3. The highest BCUT2D eigenvalue weighted by molar-refractivity contribution is 7.91. The van der Waals surface area contributed by atoms with Gasteiger partial charge in [-0.15, -0.1) is 0 Å². The fraction of sp³-hybridized carbons (Fsp3) is 0.350. The predicted octanol–water partition coefficient (Wildman–Crippen LogP) is 3.22. The number of fused-ring (bicyclic) bond motifs is 1. The quantitative estimate of drug-likeness (QED) is 0.553. The lowest BCUT2D eigenvalue weighted by Crippen LogP contribution is -2.49. The van der Waals surface area contributed by atoms with Crippen LogP contribution in [-0.2, 0) is 20.8 Å². The van der Waals surface area contributed by atoms with Gasteiger partial charge in [0.25, 0.3) is 0 Å². The number of benzene rings is 2. The second-order valence-corrected chi connectivity index (χ2v) is 9.98. The minimum atomic E-state index is -4.42. The van der Waals surface area contributed by atoms with Crippen LogP contribution in [0.2, 0.25) is 0 Å². The molecule has 0 N–H and O–H groups in total. The van der Waals surface area contributed by atoms with Crippen molar-refractivity contribution in [3.05, 3.63) is 48.0 Å². The third-order valence-electron chi connectivity index (χ3n) is 5.34. The molecule has 12 heteroatoms. The first-order valence-corrected chi connectivity index (χ1v) is 12.2. The van der Waals surface area contributed by atoms with E-state index in [2.05, 4.69) is 8.75 Å². The SMILES string of the molecule is O=C(CCS(=O)(=O)c1cccc2nsnc12)N1CCN(c2cccc(C(F)(F)F)c2)CC1. The molecule has 1 aromatic heterocycles. The number of amides is 1. The molecule has 1 amide bonds. The summed E-state index contributed by atoms with van der Waals surface area (Å²) in [5.41, 5.74) is 0.524. The number of sulfone groups is 1. The number of aromatic nitrogens is 2. The maximum absolute atomic E-state index is 12.9. The molecule has 4 rings (SSSR count). The lowest BCUT2D eigenvalue weighted by Gasteiger charge is -2.36. The topological polar surface area (TPSA) is 83.5 Å². The lowest BCUT2D eigenvalue weighted by molar-refractivity contribution is -0.137. The highest BCUT2D eigenvalue weighted by Gasteiger charge is 2.31. The van der Waals surface area contributed by atoms with E-state index >= 15 is 0 Å². The average molecular weight is 485 g/mol. The fourth-order valence-electron chi connectivity index (χ4n) is 3.62. The summed E-state index contributed by atoms with van der Waals surface area (Å²) >= 11 is 0.924. The Hall–Kier alpha value is -2.73. The zero-order valence-corrected chi connectivity index (χ0v) is 18.4. The van der Waals surface area contributed by atoms with Crippen molar-refractivity contribution >= 4 is 44.2 Å². The Kier molecular flexibility index (Phi) is 6.08. The van der Waals surface area contributed by atoms with Gasteiger partial charge < -0.3 is 9.80 Å². The second-order valence-electron chi connectivity index (χ2n) is 7.37. The highest BCUT2D eigenvalue weighted by Crippen LogP contribution is 2.32. The molecular weight excluding hydrogens is 465 g/mol.